The number of halogens is 3. The molecule has 5 heterocycles. The second-order valence-electron chi connectivity index (χ2n) is 9.67. The van der Waals surface area contributed by atoms with Crippen molar-refractivity contribution in [2.45, 2.75) is 38.4 Å². The van der Waals surface area contributed by atoms with E-state index in [4.69, 9.17) is 14.3 Å². The molecule has 3 aromatic rings. The third-order valence-corrected chi connectivity index (χ3v) is 7.13. The number of rotatable bonds is 4. The van der Waals surface area contributed by atoms with E-state index < -0.39 is 17.6 Å². The number of aryl methyl sites for hydroxylation is 2. The van der Waals surface area contributed by atoms with Crippen LogP contribution < -0.4 is 0 Å². The number of amides is 2. The van der Waals surface area contributed by atoms with E-state index in [1.165, 1.54) is 0 Å². The summed E-state index contributed by atoms with van der Waals surface area (Å²) in [5.41, 5.74) is 1.37. The predicted molar refractivity (Wildman–Crippen MR) is 130 cm³/mol. The van der Waals surface area contributed by atoms with Crippen LogP contribution in [-0.4, -0.2) is 73.3 Å². The molecule has 2 fully saturated rings. The summed E-state index contributed by atoms with van der Waals surface area (Å²) in [4.78, 5) is 43.9. The minimum atomic E-state index is -5.08. The van der Waals surface area contributed by atoms with Crippen molar-refractivity contribution in [3.05, 3.63) is 71.7 Å². The summed E-state index contributed by atoms with van der Waals surface area (Å²) in [7, 11) is 1.89. The molecule has 0 saturated carbocycles. The zero-order chi connectivity index (χ0) is 28.4. The first-order chi connectivity index (χ1) is 18.4. The highest BCUT2D eigenvalue weighted by Crippen LogP contribution is 2.49. The SMILES string of the molecule is Cc1ccc(C(=O)N2C[C@@H](c3ccnn3C)[C@@]3(CCCN(Cc4ccncc4)C3=O)C2)o1.O=C(O)C(F)(F)F. The first-order valence-electron chi connectivity index (χ1n) is 12.2. The van der Waals surface area contributed by atoms with Crippen molar-refractivity contribution in [1.82, 2.24) is 24.6 Å². The van der Waals surface area contributed by atoms with Gasteiger partial charge >= 0.3 is 12.1 Å². The Morgan fingerprint density at radius 3 is 2.41 bits per heavy atom. The van der Waals surface area contributed by atoms with Crippen LogP contribution in [0, 0.1) is 12.3 Å². The van der Waals surface area contributed by atoms with E-state index in [0.29, 0.717) is 37.7 Å². The van der Waals surface area contributed by atoms with Crippen LogP contribution in [0.15, 0.2) is 53.3 Å². The molecule has 5 rings (SSSR count). The van der Waals surface area contributed by atoms with Crippen LogP contribution in [0.3, 0.4) is 0 Å². The van der Waals surface area contributed by atoms with Crippen LogP contribution in [0.2, 0.25) is 0 Å². The van der Waals surface area contributed by atoms with E-state index in [1.54, 1.807) is 35.6 Å². The highest BCUT2D eigenvalue weighted by molar-refractivity contribution is 5.94. The van der Waals surface area contributed by atoms with Gasteiger partial charge in [-0.1, -0.05) is 0 Å². The molecule has 208 valence electrons. The molecule has 2 aliphatic heterocycles. The molecule has 3 aromatic heterocycles. The normalized spacial score (nSPS) is 21.2. The summed E-state index contributed by atoms with van der Waals surface area (Å²) in [5.74, 6) is -1.92. The van der Waals surface area contributed by atoms with Crippen LogP contribution in [0.25, 0.3) is 0 Å². The number of furan rings is 1. The number of piperidine rings is 1. The number of hydrogen-bond donors (Lipinski definition) is 1. The van der Waals surface area contributed by atoms with Crippen molar-refractivity contribution in [2.24, 2.45) is 12.5 Å². The smallest absolute Gasteiger partial charge is 0.475 e. The highest BCUT2D eigenvalue weighted by atomic mass is 19.4. The van der Waals surface area contributed by atoms with Gasteiger partial charge in [-0.3, -0.25) is 19.3 Å². The largest absolute Gasteiger partial charge is 0.490 e. The molecule has 13 heteroatoms. The van der Waals surface area contributed by atoms with Gasteiger partial charge in [-0.05, 0) is 55.7 Å². The van der Waals surface area contributed by atoms with E-state index in [2.05, 4.69) is 10.1 Å². The number of nitrogens with zero attached hydrogens (tertiary/aromatic N) is 5. The fourth-order valence-electron chi connectivity index (χ4n) is 5.31. The van der Waals surface area contributed by atoms with Gasteiger partial charge in [0, 0.05) is 63.4 Å². The Hall–Kier alpha value is -4.16. The van der Waals surface area contributed by atoms with Crippen LogP contribution in [0.5, 0.6) is 0 Å². The second-order valence-corrected chi connectivity index (χ2v) is 9.67. The lowest BCUT2D eigenvalue weighted by Crippen LogP contribution is -2.52. The molecule has 0 unspecified atom stereocenters. The van der Waals surface area contributed by atoms with Crippen LogP contribution in [0.4, 0.5) is 13.2 Å². The number of carbonyl (C=O) groups is 3. The van der Waals surface area contributed by atoms with Crippen LogP contribution in [-0.2, 0) is 23.2 Å². The van der Waals surface area contributed by atoms with E-state index in [0.717, 1.165) is 24.1 Å². The van der Waals surface area contributed by atoms with E-state index in [9.17, 15) is 22.8 Å². The standard InChI is InChI=1S/C24H27N5O3.C2HF3O2/c1-17-4-5-21(32-17)22(30)29-15-19(20-8-12-26-27(20)2)24(16-29)9-3-13-28(23(24)31)14-18-6-10-25-11-7-18;3-2(4,5)1(6)7/h4-8,10-12,19H,3,9,13-16H2,1-2H3;(H,6,7)/t19-,24+;/m0./s1. The molecule has 0 bridgehead atoms. The molecule has 10 nitrogen and oxygen atoms in total. The third kappa shape index (κ3) is 5.81. The summed E-state index contributed by atoms with van der Waals surface area (Å²) < 4.78 is 39.2. The van der Waals surface area contributed by atoms with Gasteiger partial charge in [0.25, 0.3) is 5.91 Å². The maximum atomic E-state index is 14.0. The lowest BCUT2D eigenvalue weighted by Gasteiger charge is -2.42. The summed E-state index contributed by atoms with van der Waals surface area (Å²) >= 11 is 0. The summed E-state index contributed by atoms with van der Waals surface area (Å²) in [6.45, 7) is 3.93. The van der Waals surface area contributed by atoms with Gasteiger partial charge in [-0.2, -0.15) is 18.3 Å². The number of pyridine rings is 1. The van der Waals surface area contributed by atoms with Gasteiger partial charge in [-0.15, -0.1) is 0 Å². The molecule has 0 aliphatic carbocycles. The Morgan fingerprint density at radius 2 is 1.85 bits per heavy atom. The summed E-state index contributed by atoms with van der Waals surface area (Å²) in [5, 5.41) is 11.5. The molecule has 2 atom stereocenters. The van der Waals surface area contributed by atoms with Gasteiger partial charge in [0.15, 0.2) is 5.76 Å². The molecule has 2 amide bonds. The Bertz CT molecular complexity index is 1340. The van der Waals surface area contributed by atoms with Gasteiger partial charge in [0.2, 0.25) is 5.91 Å². The molecule has 1 spiro atoms. The number of likely N-dealkylation sites (tertiary alicyclic amines) is 2. The van der Waals surface area contributed by atoms with E-state index in [1.807, 2.05) is 41.8 Å². The topological polar surface area (TPSA) is 122 Å². The molecule has 0 radical (unpaired) electrons. The zero-order valence-corrected chi connectivity index (χ0v) is 21.4. The molecule has 2 aliphatic rings. The monoisotopic (exact) mass is 547 g/mol. The number of carboxylic acids is 1. The first kappa shape index (κ1) is 27.9. The molecule has 39 heavy (non-hydrogen) atoms. The number of alkyl halides is 3. The fraction of sp³-hybridized carbons (Fsp3) is 0.423. The van der Waals surface area contributed by atoms with Crippen molar-refractivity contribution >= 4 is 17.8 Å². The lowest BCUT2D eigenvalue weighted by molar-refractivity contribution is -0.192. The average Bonchev–Trinajstić information content (AvgIpc) is 3.61. The number of aliphatic carboxylic acids is 1. The number of aromatic nitrogens is 3. The molecule has 1 N–H and O–H groups in total. The van der Waals surface area contributed by atoms with Crippen LogP contribution in [0.1, 0.15) is 46.3 Å². The maximum Gasteiger partial charge on any atom is 0.490 e. The fourth-order valence-corrected chi connectivity index (χ4v) is 5.31. The first-order valence-corrected chi connectivity index (χ1v) is 12.2. The molecule has 0 aromatic carbocycles. The highest BCUT2D eigenvalue weighted by Gasteiger charge is 2.57. The number of hydrogen-bond acceptors (Lipinski definition) is 6. The van der Waals surface area contributed by atoms with E-state index >= 15 is 0 Å². The second kappa shape index (κ2) is 10.9. The summed E-state index contributed by atoms with van der Waals surface area (Å²) in [6, 6.07) is 9.35. The van der Waals surface area contributed by atoms with Crippen molar-refractivity contribution in [1.29, 1.82) is 0 Å². The van der Waals surface area contributed by atoms with Crippen molar-refractivity contribution < 1.29 is 37.1 Å². The van der Waals surface area contributed by atoms with Crippen LogP contribution >= 0.6 is 0 Å². The average molecular weight is 548 g/mol. The number of carboxylic acid groups (broad SMARTS) is 1. The van der Waals surface area contributed by atoms with Crippen molar-refractivity contribution in [3.8, 4) is 0 Å². The Kier molecular flexibility index (Phi) is 7.79. The van der Waals surface area contributed by atoms with Gasteiger partial charge < -0.3 is 19.3 Å². The molecule has 2 saturated heterocycles. The van der Waals surface area contributed by atoms with Gasteiger partial charge in [0.05, 0.1) is 5.41 Å². The quantitative estimate of drug-likeness (QED) is 0.531. The zero-order valence-electron chi connectivity index (χ0n) is 21.4. The van der Waals surface area contributed by atoms with E-state index in [-0.39, 0.29) is 17.7 Å². The maximum absolute atomic E-state index is 14.0. The minimum absolute atomic E-state index is 0.109. The molecular formula is C26H28F3N5O5. The van der Waals surface area contributed by atoms with Crippen molar-refractivity contribution in [3.63, 3.8) is 0 Å². The van der Waals surface area contributed by atoms with Gasteiger partial charge in [-0.25, -0.2) is 4.79 Å². The minimum Gasteiger partial charge on any atom is -0.475 e. The Morgan fingerprint density at radius 1 is 1.15 bits per heavy atom. The Balaban J connectivity index is 0.000000448. The lowest BCUT2D eigenvalue weighted by atomic mass is 9.70. The molecular weight excluding hydrogens is 519 g/mol. The summed E-state index contributed by atoms with van der Waals surface area (Å²) in [6.07, 6.45) is 1.81. The van der Waals surface area contributed by atoms with Crippen molar-refractivity contribution in [2.75, 3.05) is 19.6 Å². The van der Waals surface area contributed by atoms with Gasteiger partial charge in [0.1, 0.15) is 5.76 Å². The predicted octanol–water partition coefficient (Wildman–Crippen LogP) is 3.40. The Labute approximate surface area is 222 Å². The number of carbonyl (C=O) groups excluding carboxylic acids is 2. The third-order valence-electron chi connectivity index (χ3n) is 7.13.